The molecule has 0 saturated heterocycles. The highest BCUT2D eigenvalue weighted by molar-refractivity contribution is 7.80. The van der Waals surface area contributed by atoms with Crippen LogP contribution in [0.5, 0.6) is 5.75 Å². The van der Waals surface area contributed by atoms with Crippen LogP contribution in [0.15, 0.2) is 38.6 Å². The third-order valence-electron chi connectivity index (χ3n) is 2.44. The van der Waals surface area contributed by atoms with Gasteiger partial charge >= 0.3 is 5.63 Å². The summed E-state index contributed by atoms with van der Waals surface area (Å²) in [5, 5.41) is 13.9. The van der Waals surface area contributed by atoms with E-state index < -0.39 is 5.63 Å². The molecule has 19 heavy (non-hydrogen) atoms. The molecule has 4 N–H and O–H groups in total. The number of rotatable bonds is 2. The van der Waals surface area contributed by atoms with Crippen LogP contribution in [-0.4, -0.2) is 15.9 Å². The van der Waals surface area contributed by atoms with Gasteiger partial charge in [0.1, 0.15) is 11.3 Å². The Hall–Kier alpha value is -2.41. The molecule has 0 radical (unpaired) electrons. The van der Waals surface area contributed by atoms with Crippen LogP contribution in [0.25, 0.3) is 11.0 Å². The van der Waals surface area contributed by atoms with Gasteiger partial charge in [-0.2, -0.15) is 5.10 Å². The summed E-state index contributed by atoms with van der Waals surface area (Å²) < 4.78 is 5.11. The molecule has 0 saturated carbocycles. The molecule has 98 valence electrons. The molecule has 0 aliphatic heterocycles. The van der Waals surface area contributed by atoms with Crippen LogP contribution >= 0.6 is 12.2 Å². The maximum atomic E-state index is 11.8. The summed E-state index contributed by atoms with van der Waals surface area (Å²) in [5.74, 6) is 0.0314. The second-order valence-corrected chi connectivity index (χ2v) is 4.28. The Morgan fingerprint density at radius 2 is 2.21 bits per heavy atom. The van der Waals surface area contributed by atoms with E-state index in [0.717, 1.165) is 0 Å². The third-order valence-corrected chi connectivity index (χ3v) is 2.53. The Morgan fingerprint density at radius 1 is 1.47 bits per heavy atom. The molecule has 0 spiro atoms. The van der Waals surface area contributed by atoms with E-state index in [1.165, 1.54) is 12.1 Å². The number of hydrogen-bond acceptors (Lipinski definition) is 5. The number of fused-ring (bicyclic) bond motifs is 1. The Kier molecular flexibility index (Phi) is 3.48. The lowest BCUT2D eigenvalue weighted by Crippen LogP contribution is -2.26. The minimum absolute atomic E-state index is 0.00875. The number of benzene rings is 1. The van der Waals surface area contributed by atoms with Crippen LogP contribution in [0.4, 0.5) is 0 Å². The average Bonchev–Trinajstić information content (AvgIpc) is 2.35. The lowest BCUT2D eigenvalue weighted by Gasteiger charge is -2.03. The molecular weight excluding hydrogens is 266 g/mol. The van der Waals surface area contributed by atoms with Crippen molar-refractivity contribution in [3.8, 4) is 5.75 Å². The number of hydrogen-bond donors (Lipinski definition) is 3. The topological polar surface area (TPSA) is 101 Å². The van der Waals surface area contributed by atoms with Crippen molar-refractivity contribution >= 4 is 34.0 Å². The SMILES string of the molecule is C/C(=N\NC(N)=S)c1cc2ccc(O)cc2oc1=O. The molecule has 1 aromatic carbocycles. The molecule has 6 nitrogen and oxygen atoms in total. The van der Waals surface area contributed by atoms with Gasteiger partial charge in [-0.1, -0.05) is 0 Å². The maximum absolute atomic E-state index is 11.8. The number of hydrazone groups is 1. The largest absolute Gasteiger partial charge is 0.508 e. The predicted molar refractivity (Wildman–Crippen MR) is 76.3 cm³/mol. The van der Waals surface area contributed by atoms with Gasteiger partial charge < -0.3 is 15.3 Å². The number of phenols is 1. The Morgan fingerprint density at radius 3 is 2.89 bits per heavy atom. The normalized spacial score (nSPS) is 11.5. The Balaban J connectivity index is 2.53. The van der Waals surface area contributed by atoms with Crippen molar-refractivity contribution in [1.29, 1.82) is 0 Å². The average molecular weight is 277 g/mol. The summed E-state index contributed by atoms with van der Waals surface area (Å²) >= 11 is 4.62. The quantitative estimate of drug-likeness (QED) is 0.328. The number of aromatic hydroxyl groups is 1. The second kappa shape index (κ2) is 5.07. The third kappa shape index (κ3) is 2.89. The molecule has 0 unspecified atom stereocenters. The van der Waals surface area contributed by atoms with Gasteiger partial charge in [0.2, 0.25) is 0 Å². The fraction of sp³-hybridized carbons (Fsp3) is 0.0833. The van der Waals surface area contributed by atoms with Gasteiger partial charge in [-0.25, -0.2) is 4.79 Å². The Bertz CT molecular complexity index is 737. The van der Waals surface area contributed by atoms with E-state index in [0.29, 0.717) is 22.2 Å². The molecule has 2 aromatic rings. The molecule has 0 fully saturated rings. The summed E-state index contributed by atoms with van der Waals surface area (Å²) in [6.45, 7) is 1.63. The molecule has 0 amide bonds. The van der Waals surface area contributed by atoms with E-state index in [1.807, 2.05) is 0 Å². The van der Waals surface area contributed by atoms with Crippen molar-refractivity contribution in [1.82, 2.24) is 5.43 Å². The number of nitrogens with two attached hydrogens (primary N) is 1. The van der Waals surface area contributed by atoms with E-state index >= 15 is 0 Å². The highest BCUT2D eigenvalue weighted by atomic mass is 32.1. The molecule has 2 rings (SSSR count). The van der Waals surface area contributed by atoms with Crippen molar-refractivity contribution in [2.75, 3.05) is 0 Å². The predicted octanol–water partition coefficient (Wildman–Crippen LogP) is 1.06. The van der Waals surface area contributed by atoms with Crippen molar-refractivity contribution in [2.24, 2.45) is 10.8 Å². The van der Waals surface area contributed by atoms with Gasteiger partial charge in [0.25, 0.3) is 0 Å². The van der Waals surface area contributed by atoms with Crippen molar-refractivity contribution in [3.05, 3.63) is 40.2 Å². The van der Waals surface area contributed by atoms with Gasteiger partial charge in [0.05, 0.1) is 11.3 Å². The van der Waals surface area contributed by atoms with Gasteiger partial charge in [0, 0.05) is 11.5 Å². The lowest BCUT2D eigenvalue weighted by molar-refractivity contribution is 0.473. The molecule has 1 aromatic heterocycles. The van der Waals surface area contributed by atoms with E-state index in [-0.39, 0.29) is 10.9 Å². The molecular formula is C12H11N3O3S. The molecule has 0 atom stereocenters. The fourth-order valence-corrected chi connectivity index (χ4v) is 1.60. The van der Waals surface area contributed by atoms with Crippen LogP contribution in [-0.2, 0) is 0 Å². The summed E-state index contributed by atoms with van der Waals surface area (Å²) in [4.78, 5) is 11.8. The van der Waals surface area contributed by atoms with Gasteiger partial charge in [-0.3, -0.25) is 5.43 Å². The zero-order valence-electron chi connectivity index (χ0n) is 10.0. The molecule has 7 heteroatoms. The minimum atomic E-state index is -0.552. The van der Waals surface area contributed by atoms with Crippen molar-refractivity contribution < 1.29 is 9.52 Å². The first-order chi connectivity index (χ1) is 8.97. The van der Waals surface area contributed by atoms with Gasteiger partial charge in [-0.05, 0) is 37.3 Å². The van der Waals surface area contributed by atoms with E-state index in [9.17, 15) is 9.90 Å². The first-order valence-electron chi connectivity index (χ1n) is 5.34. The summed E-state index contributed by atoms with van der Waals surface area (Å²) in [5.41, 5.74) is 8.10. The van der Waals surface area contributed by atoms with Crippen LogP contribution in [0.2, 0.25) is 0 Å². The van der Waals surface area contributed by atoms with Crippen LogP contribution in [0, 0.1) is 0 Å². The highest BCUT2D eigenvalue weighted by Crippen LogP contribution is 2.19. The number of thiocarbonyl (C=S) groups is 1. The minimum Gasteiger partial charge on any atom is -0.508 e. The maximum Gasteiger partial charge on any atom is 0.345 e. The smallest absolute Gasteiger partial charge is 0.345 e. The van der Waals surface area contributed by atoms with E-state index in [4.69, 9.17) is 10.2 Å². The highest BCUT2D eigenvalue weighted by Gasteiger charge is 2.09. The molecule has 0 aliphatic carbocycles. The van der Waals surface area contributed by atoms with Crippen molar-refractivity contribution in [2.45, 2.75) is 6.92 Å². The second-order valence-electron chi connectivity index (χ2n) is 3.84. The standard InChI is InChI=1S/C12H11N3O3S/c1-6(14-15-12(13)19)9-4-7-2-3-8(16)5-10(7)18-11(9)17/h2-5,16H,1H3,(H3,13,15,19)/b14-6+. The Labute approximate surface area is 113 Å². The lowest BCUT2D eigenvalue weighted by atomic mass is 10.1. The monoisotopic (exact) mass is 277 g/mol. The number of phenolic OH excluding ortho intramolecular Hbond substituents is 1. The zero-order valence-corrected chi connectivity index (χ0v) is 10.8. The van der Waals surface area contributed by atoms with E-state index in [2.05, 4.69) is 22.7 Å². The zero-order chi connectivity index (χ0) is 14.0. The first-order valence-corrected chi connectivity index (χ1v) is 5.75. The van der Waals surface area contributed by atoms with Crippen LogP contribution in [0.1, 0.15) is 12.5 Å². The van der Waals surface area contributed by atoms with Gasteiger partial charge in [-0.15, -0.1) is 0 Å². The number of nitrogens with zero attached hydrogens (tertiary/aromatic N) is 1. The molecule has 0 aliphatic rings. The first kappa shape index (κ1) is 13.0. The number of nitrogens with one attached hydrogen (secondary N) is 1. The summed E-state index contributed by atoms with van der Waals surface area (Å²) in [6, 6.07) is 6.15. The summed E-state index contributed by atoms with van der Waals surface area (Å²) in [7, 11) is 0. The van der Waals surface area contributed by atoms with Crippen LogP contribution < -0.4 is 16.8 Å². The van der Waals surface area contributed by atoms with E-state index in [1.54, 1.807) is 19.1 Å². The van der Waals surface area contributed by atoms with Crippen molar-refractivity contribution in [3.63, 3.8) is 0 Å². The fourth-order valence-electron chi connectivity index (χ4n) is 1.55. The summed E-state index contributed by atoms with van der Waals surface area (Å²) in [6.07, 6.45) is 0. The molecule has 0 bridgehead atoms. The van der Waals surface area contributed by atoms with Crippen LogP contribution in [0.3, 0.4) is 0 Å². The van der Waals surface area contributed by atoms with Gasteiger partial charge in [0.15, 0.2) is 5.11 Å². The molecule has 1 heterocycles.